The Bertz CT molecular complexity index is 786. The molecule has 6 heteroatoms. The van der Waals surface area contributed by atoms with Crippen LogP contribution in [-0.2, 0) is 10.0 Å². The predicted octanol–water partition coefficient (Wildman–Crippen LogP) is 3.03. The predicted molar refractivity (Wildman–Crippen MR) is 100 cm³/mol. The van der Waals surface area contributed by atoms with Gasteiger partial charge in [0.05, 0.1) is 4.90 Å². The van der Waals surface area contributed by atoms with E-state index in [1.807, 2.05) is 0 Å². The lowest BCUT2D eigenvalue weighted by molar-refractivity contribution is 0.0915. The quantitative estimate of drug-likeness (QED) is 0.859. The van der Waals surface area contributed by atoms with Crippen LogP contribution in [0, 0.1) is 17.8 Å². The molecule has 1 aliphatic heterocycles. The SMILES string of the molecule is C[C@H](NC(=O)c1cccc(S(=O)(=O)N2CCCC2)c1)[C@H]1C[C@H]2CC[C@H]1C2. The summed E-state index contributed by atoms with van der Waals surface area (Å²) in [5.41, 5.74) is 0.431. The largest absolute Gasteiger partial charge is 0.349 e. The maximum Gasteiger partial charge on any atom is 0.251 e. The fraction of sp³-hybridized carbons (Fsp3) is 0.650. The molecule has 4 atom stereocenters. The zero-order valence-electron chi connectivity index (χ0n) is 15.4. The summed E-state index contributed by atoms with van der Waals surface area (Å²) in [6, 6.07) is 6.61. The highest BCUT2D eigenvalue weighted by atomic mass is 32.2. The summed E-state index contributed by atoms with van der Waals surface area (Å²) in [6.07, 6.45) is 6.97. The van der Waals surface area contributed by atoms with E-state index in [1.165, 1.54) is 36.1 Å². The van der Waals surface area contributed by atoms with Crippen LogP contribution >= 0.6 is 0 Å². The van der Waals surface area contributed by atoms with Gasteiger partial charge in [0.2, 0.25) is 10.0 Å². The fourth-order valence-electron chi connectivity index (χ4n) is 5.18. The summed E-state index contributed by atoms with van der Waals surface area (Å²) < 4.78 is 27.0. The van der Waals surface area contributed by atoms with Crippen molar-refractivity contribution < 1.29 is 13.2 Å². The molecule has 5 nitrogen and oxygen atoms in total. The normalized spacial score (nSPS) is 29.8. The molecule has 0 aromatic heterocycles. The maximum absolute atomic E-state index is 12.7. The van der Waals surface area contributed by atoms with Gasteiger partial charge in [0.1, 0.15) is 0 Å². The van der Waals surface area contributed by atoms with Crippen molar-refractivity contribution in [1.82, 2.24) is 9.62 Å². The van der Waals surface area contributed by atoms with Crippen LogP contribution in [0.15, 0.2) is 29.2 Å². The van der Waals surface area contributed by atoms with Crippen molar-refractivity contribution in [1.29, 1.82) is 0 Å². The number of nitrogens with one attached hydrogen (secondary N) is 1. The van der Waals surface area contributed by atoms with Crippen molar-refractivity contribution in [3.63, 3.8) is 0 Å². The number of carbonyl (C=O) groups is 1. The summed E-state index contributed by atoms with van der Waals surface area (Å²) in [5, 5.41) is 3.12. The first-order valence-corrected chi connectivity index (χ1v) is 11.3. The highest BCUT2D eigenvalue weighted by Crippen LogP contribution is 2.49. The lowest BCUT2D eigenvalue weighted by atomic mass is 9.84. The zero-order chi connectivity index (χ0) is 18.3. The second-order valence-corrected chi connectivity index (χ2v) is 10.2. The molecule has 0 spiro atoms. The minimum Gasteiger partial charge on any atom is -0.349 e. The van der Waals surface area contributed by atoms with E-state index < -0.39 is 10.0 Å². The highest BCUT2D eigenvalue weighted by molar-refractivity contribution is 7.89. The summed E-state index contributed by atoms with van der Waals surface area (Å²) in [7, 11) is -3.49. The third-order valence-electron chi connectivity index (χ3n) is 6.59. The zero-order valence-corrected chi connectivity index (χ0v) is 16.2. The van der Waals surface area contributed by atoms with Crippen LogP contribution in [-0.4, -0.2) is 37.8 Å². The molecule has 1 amide bonds. The van der Waals surface area contributed by atoms with Crippen molar-refractivity contribution in [2.45, 2.75) is 56.4 Å². The van der Waals surface area contributed by atoms with E-state index in [0.29, 0.717) is 24.6 Å². The lowest BCUT2D eigenvalue weighted by Crippen LogP contribution is -2.40. The molecule has 1 aromatic rings. The van der Waals surface area contributed by atoms with Crippen molar-refractivity contribution in [2.24, 2.45) is 17.8 Å². The number of carbonyl (C=O) groups excluding carboxylic acids is 1. The smallest absolute Gasteiger partial charge is 0.251 e. The van der Waals surface area contributed by atoms with Crippen LogP contribution in [0.1, 0.15) is 55.8 Å². The average Bonchev–Trinajstić information content (AvgIpc) is 3.39. The molecule has 2 saturated carbocycles. The van der Waals surface area contributed by atoms with Gasteiger partial charge in [0.25, 0.3) is 5.91 Å². The number of benzene rings is 1. The second-order valence-electron chi connectivity index (χ2n) is 8.24. The summed E-state index contributed by atoms with van der Waals surface area (Å²) in [5.74, 6) is 1.99. The number of fused-ring (bicyclic) bond motifs is 2. The van der Waals surface area contributed by atoms with E-state index in [0.717, 1.165) is 24.7 Å². The average molecular weight is 377 g/mol. The molecule has 142 valence electrons. The minimum absolute atomic E-state index is 0.136. The van der Waals surface area contributed by atoms with E-state index in [9.17, 15) is 13.2 Å². The van der Waals surface area contributed by atoms with Gasteiger partial charge in [-0.15, -0.1) is 0 Å². The Morgan fingerprint density at radius 3 is 2.62 bits per heavy atom. The van der Waals surface area contributed by atoms with E-state index in [1.54, 1.807) is 18.2 Å². The van der Waals surface area contributed by atoms with Gasteiger partial charge in [-0.3, -0.25) is 4.79 Å². The number of sulfonamides is 1. The Kier molecular flexibility index (Phi) is 4.82. The van der Waals surface area contributed by atoms with E-state index in [2.05, 4.69) is 12.2 Å². The first kappa shape index (κ1) is 18.0. The molecule has 0 radical (unpaired) electrons. The molecule has 1 N–H and O–H groups in total. The summed E-state index contributed by atoms with van der Waals surface area (Å²) >= 11 is 0. The second kappa shape index (κ2) is 6.97. The van der Waals surface area contributed by atoms with Crippen LogP contribution in [0.5, 0.6) is 0 Å². The lowest BCUT2D eigenvalue weighted by Gasteiger charge is -2.28. The van der Waals surface area contributed by atoms with Gasteiger partial charge in [-0.2, -0.15) is 4.31 Å². The topological polar surface area (TPSA) is 66.5 Å². The molecule has 2 bridgehead atoms. The molecule has 1 aromatic carbocycles. The van der Waals surface area contributed by atoms with Crippen molar-refractivity contribution in [2.75, 3.05) is 13.1 Å². The molecular formula is C20H28N2O3S. The molecule has 1 saturated heterocycles. The standard InChI is InChI=1S/C20H28N2O3S/c1-14(19-12-15-7-8-16(19)11-15)21-20(23)17-5-4-6-18(13-17)26(24,25)22-9-2-3-10-22/h4-6,13-16,19H,2-3,7-12H2,1H3,(H,21,23)/t14-,15-,16-,19+/m0/s1. The van der Waals surface area contributed by atoms with Crippen LogP contribution in [0.4, 0.5) is 0 Å². The highest BCUT2D eigenvalue weighted by Gasteiger charge is 2.42. The van der Waals surface area contributed by atoms with Gasteiger partial charge in [-0.25, -0.2) is 8.42 Å². The van der Waals surface area contributed by atoms with E-state index >= 15 is 0 Å². The maximum atomic E-state index is 12.7. The van der Waals surface area contributed by atoms with Gasteiger partial charge in [0, 0.05) is 24.7 Å². The van der Waals surface area contributed by atoms with Gasteiger partial charge in [-0.05, 0) is 75.0 Å². The van der Waals surface area contributed by atoms with Gasteiger partial charge in [-0.1, -0.05) is 12.5 Å². The number of hydrogen-bond donors (Lipinski definition) is 1. The van der Waals surface area contributed by atoms with Crippen LogP contribution in [0.2, 0.25) is 0 Å². The van der Waals surface area contributed by atoms with Gasteiger partial charge >= 0.3 is 0 Å². The number of rotatable bonds is 5. The third-order valence-corrected chi connectivity index (χ3v) is 8.49. The van der Waals surface area contributed by atoms with Crippen molar-refractivity contribution >= 4 is 15.9 Å². The molecule has 4 rings (SSSR count). The monoisotopic (exact) mass is 376 g/mol. The molecule has 3 aliphatic rings. The molecule has 2 aliphatic carbocycles. The Labute approximate surface area is 156 Å². The summed E-state index contributed by atoms with van der Waals surface area (Å²) in [6.45, 7) is 3.23. The first-order valence-electron chi connectivity index (χ1n) is 9.86. The van der Waals surface area contributed by atoms with Crippen LogP contribution < -0.4 is 5.32 Å². The number of nitrogens with zero attached hydrogens (tertiary/aromatic N) is 1. The van der Waals surface area contributed by atoms with Crippen LogP contribution in [0.3, 0.4) is 0 Å². The Hall–Kier alpha value is -1.40. The molecule has 26 heavy (non-hydrogen) atoms. The summed E-state index contributed by atoms with van der Waals surface area (Å²) in [4.78, 5) is 12.9. The van der Waals surface area contributed by atoms with Crippen molar-refractivity contribution in [3.8, 4) is 0 Å². The molecule has 1 heterocycles. The number of hydrogen-bond acceptors (Lipinski definition) is 3. The Morgan fingerprint density at radius 2 is 1.96 bits per heavy atom. The van der Waals surface area contributed by atoms with Gasteiger partial charge in [0.15, 0.2) is 0 Å². The number of amides is 1. The third kappa shape index (κ3) is 3.29. The van der Waals surface area contributed by atoms with Crippen LogP contribution in [0.25, 0.3) is 0 Å². The Morgan fingerprint density at radius 1 is 1.19 bits per heavy atom. The fourth-order valence-corrected chi connectivity index (χ4v) is 6.74. The minimum atomic E-state index is -3.49. The van der Waals surface area contributed by atoms with E-state index in [4.69, 9.17) is 0 Å². The molecular weight excluding hydrogens is 348 g/mol. The van der Waals surface area contributed by atoms with Crippen molar-refractivity contribution in [3.05, 3.63) is 29.8 Å². The molecule has 0 unspecified atom stereocenters. The van der Waals surface area contributed by atoms with Gasteiger partial charge < -0.3 is 5.32 Å². The van der Waals surface area contributed by atoms with E-state index in [-0.39, 0.29) is 16.8 Å². The Balaban J connectivity index is 1.46. The molecule has 3 fully saturated rings. The first-order chi connectivity index (χ1) is 12.4.